The zero-order chi connectivity index (χ0) is 7.49. The molecule has 0 radical (unpaired) electrons. The Morgan fingerprint density at radius 2 is 2.00 bits per heavy atom. The van der Waals surface area contributed by atoms with Crippen LogP contribution in [0.4, 0.5) is 0 Å². The Morgan fingerprint density at radius 3 is 2.11 bits per heavy atom. The number of hydrogen-bond donors (Lipinski definition) is 1. The van der Waals surface area contributed by atoms with E-state index in [4.69, 9.17) is 5.11 Å². The SMILES string of the molecule is COC(=O)C(C)(O)OC. The third kappa shape index (κ3) is 1.99. The van der Waals surface area contributed by atoms with E-state index in [1.165, 1.54) is 21.1 Å². The molecule has 0 aliphatic rings. The van der Waals surface area contributed by atoms with E-state index in [1.807, 2.05) is 0 Å². The van der Waals surface area contributed by atoms with Gasteiger partial charge in [0.1, 0.15) is 0 Å². The van der Waals surface area contributed by atoms with Crippen molar-refractivity contribution in [2.45, 2.75) is 12.7 Å². The summed E-state index contributed by atoms with van der Waals surface area (Å²) in [5, 5.41) is 8.89. The van der Waals surface area contributed by atoms with E-state index < -0.39 is 11.8 Å². The molecule has 4 heteroatoms. The van der Waals surface area contributed by atoms with Crippen LogP contribution in [-0.4, -0.2) is 31.1 Å². The molecular weight excluding hydrogens is 124 g/mol. The van der Waals surface area contributed by atoms with E-state index in [2.05, 4.69) is 9.47 Å². The maximum absolute atomic E-state index is 10.5. The minimum absolute atomic E-state index is 0.801. The summed E-state index contributed by atoms with van der Waals surface area (Å²) in [7, 11) is 2.40. The second kappa shape index (κ2) is 2.80. The van der Waals surface area contributed by atoms with Crippen molar-refractivity contribution in [1.29, 1.82) is 0 Å². The fraction of sp³-hybridized carbons (Fsp3) is 0.800. The highest BCUT2D eigenvalue weighted by molar-refractivity contribution is 5.76. The van der Waals surface area contributed by atoms with Crippen molar-refractivity contribution < 1.29 is 19.4 Å². The van der Waals surface area contributed by atoms with Gasteiger partial charge in [-0.25, -0.2) is 4.79 Å². The predicted octanol–water partition coefficient (Wildman–Crippen LogP) is -0.486. The van der Waals surface area contributed by atoms with Gasteiger partial charge in [-0.15, -0.1) is 0 Å². The maximum Gasteiger partial charge on any atom is 0.366 e. The zero-order valence-corrected chi connectivity index (χ0v) is 5.67. The first-order valence-electron chi connectivity index (χ1n) is 2.40. The van der Waals surface area contributed by atoms with Crippen molar-refractivity contribution in [1.82, 2.24) is 0 Å². The van der Waals surface area contributed by atoms with Gasteiger partial charge in [0, 0.05) is 14.0 Å². The Bertz CT molecular complexity index is 108. The van der Waals surface area contributed by atoms with Gasteiger partial charge in [0.15, 0.2) is 0 Å². The molecule has 0 aromatic carbocycles. The van der Waals surface area contributed by atoms with E-state index in [9.17, 15) is 4.79 Å². The van der Waals surface area contributed by atoms with Crippen LogP contribution in [0.1, 0.15) is 6.92 Å². The summed E-state index contributed by atoms with van der Waals surface area (Å²) in [4.78, 5) is 10.5. The lowest BCUT2D eigenvalue weighted by molar-refractivity contribution is -0.209. The molecule has 9 heavy (non-hydrogen) atoms. The second-order valence-electron chi connectivity index (χ2n) is 1.68. The average Bonchev–Trinajstić information content (AvgIpc) is 1.86. The third-order valence-electron chi connectivity index (χ3n) is 0.962. The van der Waals surface area contributed by atoms with Crippen LogP contribution in [0.15, 0.2) is 0 Å². The van der Waals surface area contributed by atoms with Gasteiger partial charge in [0.2, 0.25) is 0 Å². The summed E-state index contributed by atoms with van der Waals surface area (Å²) in [6.07, 6.45) is 0. The van der Waals surface area contributed by atoms with Gasteiger partial charge in [-0.1, -0.05) is 0 Å². The smallest absolute Gasteiger partial charge is 0.366 e. The van der Waals surface area contributed by atoms with Crippen LogP contribution in [0.25, 0.3) is 0 Å². The van der Waals surface area contributed by atoms with Crippen LogP contribution in [0, 0.1) is 0 Å². The van der Waals surface area contributed by atoms with Gasteiger partial charge in [0.25, 0.3) is 5.79 Å². The largest absolute Gasteiger partial charge is 0.465 e. The Balaban J connectivity index is 3.97. The van der Waals surface area contributed by atoms with Crippen LogP contribution >= 0.6 is 0 Å². The molecule has 0 aromatic rings. The van der Waals surface area contributed by atoms with Gasteiger partial charge in [-0.2, -0.15) is 0 Å². The highest BCUT2D eigenvalue weighted by Gasteiger charge is 2.30. The van der Waals surface area contributed by atoms with Crippen LogP contribution < -0.4 is 0 Å². The van der Waals surface area contributed by atoms with Crippen LogP contribution in [-0.2, 0) is 14.3 Å². The quantitative estimate of drug-likeness (QED) is 0.409. The molecule has 0 aromatic heterocycles. The first kappa shape index (κ1) is 8.39. The molecule has 0 aliphatic heterocycles. The maximum atomic E-state index is 10.5. The number of carbonyl (C=O) groups excluding carboxylic acids is 1. The van der Waals surface area contributed by atoms with Crippen LogP contribution in [0.5, 0.6) is 0 Å². The molecule has 0 saturated heterocycles. The monoisotopic (exact) mass is 134 g/mol. The van der Waals surface area contributed by atoms with Gasteiger partial charge in [0.05, 0.1) is 7.11 Å². The molecule has 0 fully saturated rings. The highest BCUT2D eigenvalue weighted by atomic mass is 16.7. The number of carbonyl (C=O) groups is 1. The van der Waals surface area contributed by atoms with Crippen molar-refractivity contribution in [3.05, 3.63) is 0 Å². The number of ether oxygens (including phenoxy) is 2. The van der Waals surface area contributed by atoms with E-state index in [-0.39, 0.29) is 0 Å². The molecular formula is C5H10O4. The third-order valence-corrected chi connectivity index (χ3v) is 0.962. The molecule has 0 aliphatic carbocycles. The summed E-state index contributed by atoms with van der Waals surface area (Å²) < 4.78 is 8.56. The molecule has 0 bridgehead atoms. The summed E-state index contributed by atoms with van der Waals surface area (Å²) in [6.45, 7) is 1.21. The molecule has 0 amide bonds. The normalized spacial score (nSPS) is 16.4. The lowest BCUT2D eigenvalue weighted by Gasteiger charge is -2.16. The lowest BCUT2D eigenvalue weighted by Crippen LogP contribution is -2.37. The highest BCUT2D eigenvalue weighted by Crippen LogP contribution is 2.04. The van der Waals surface area contributed by atoms with Crippen molar-refractivity contribution >= 4 is 5.97 Å². The van der Waals surface area contributed by atoms with Gasteiger partial charge < -0.3 is 14.6 Å². The Kier molecular flexibility index (Phi) is 2.61. The van der Waals surface area contributed by atoms with E-state index in [0.29, 0.717) is 0 Å². The molecule has 1 atom stereocenters. The number of aliphatic hydroxyl groups is 1. The molecule has 4 nitrogen and oxygen atoms in total. The second-order valence-corrected chi connectivity index (χ2v) is 1.68. The summed E-state index contributed by atoms with van der Waals surface area (Å²) in [6, 6.07) is 0. The Hall–Kier alpha value is -0.610. The number of hydrogen-bond acceptors (Lipinski definition) is 4. The summed E-state index contributed by atoms with van der Waals surface area (Å²) >= 11 is 0. The predicted molar refractivity (Wildman–Crippen MR) is 29.6 cm³/mol. The summed E-state index contributed by atoms with van der Waals surface area (Å²) in [5.74, 6) is -2.61. The minimum atomic E-state index is -1.81. The number of esters is 1. The van der Waals surface area contributed by atoms with Gasteiger partial charge in [-0.05, 0) is 0 Å². The average molecular weight is 134 g/mol. The van der Waals surface area contributed by atoms with Gasteiger partial charge >= 0.3 is 5.97 Å². The molecule has 0 heterocycles. The first-order valence-corrected chi connectivity index (χ1v) is 2.40. The van der Waals surface area contributed by atoms with E-state index >= 15 is 0 Å². The molecule has 54 valence electrons. The Labute approximate surface area is 53.4 Å². The van der Waals surface area contributed by atoms with Crippen molar-refractivity contribution in [3.8, 4) is 0 Å². The molecule has 0 saturated carbocycles. The fourth-order valence-electron chi connectivity index (χ4n) is 0.273. The molecule has 1 N–H and O–H groups in total. The minimum Gasteiger partial charge on any atom is -0.465 e. The number of methoxy groups -OCH3 is 2. The first-order chi connectivity index (χ1) is 4.04. The van der Waals surface area contributed by atoms with E-state index in [1.54, 1.807) is 0 Å². The molecule has 0 rings (SSSR count). The fourth-order valence-corrected chi connectivity index (χ4v) is 0.273. The van der Waals surface area contributed by atoms with E-state index in [0.717, 1.165) is 0 Å². The molecule has 0 spiro atoms. The standard InChI is InChI=1S/C5H10O4/c1-5(7,9-3)4(6)8-2/h7H,1-3H3. The number of rotatable bonds is 2. The van der Waals surface area contributed by atoms with Crippen LogP contribution in [0.2, 0.25) is 0 Å². The van der Waals surface area contributed by atoms with Crippen molar-refractivity contribution in [2.75, 3.05) is 14.2 Å². The van der Waals surface area contributed by atoms with Crippen molar-refractivity contribution in [2.24, 2.45) is 0 Å². The zero-order valence-electron chi connectivity index (χ0n) is 5.67. The van der Waals surface area contributed by atoms with Crippen molar-refractivity contribution in [3.63, 3.8) is 0 Å². The summed E-state index contributed by atoms with van der Waals surface area (Å²) in [5.41, 5.74) is 0. The molecule has 1 unspecified atom stereocenters. The van der Waals surface area contributed by atoms with Crippen LogP contribution in [0.3, 0.4) is 0 Å². The topological polar surface area (TPSA) is 55.8 Å². The lowest BCUT2D eigenvalue weighted by atomic mass is 10.3. The van der Waals surface area contributed by atoms with Gasteiger partial charge in [-0.3, -0.25) is 0 Å². The Morgan fingerprint density at radius 1 is 1.56 bits per heavy atom.